The van der Waals surface area contributed by atoms with Gasteiger partial charge in [0.15, 0.2) is 0 Å². The van der Waals surface area contributed by atoms with Crippen molar-refractivity contribution in [1.29, 1.82) is 0 Å². The Bertz CT molecular complexity index is 414. The maximum Gasteiger partial charge on any atom is 0.322 e. The highest BCUT2D eigenvalue weighted by Gasteiger charge is 2.33. The van der Waals surface area contributed by atoms with E-state index in [0.29, 0.717) is 12.6 Å². The van der Waals surface area contributed by atoms with Crippen LogP contribution in [0.5, 0.6) is 0 Å². The number of methoxy groups -OCH3 is 1. The Kier molecular flexibility index (Phi) is 3.96. The van der Waals surface area contributed by atoms with Crippen LogP contribution in [-0.4, -0.2) is 44.8 Å². The molecule has 1 aromatic heterocycles. The second kappa shape index (κ2) is 5.48. The second-order valence-corrected chi connectivity index (χ2v) is 4.76. The van der Waals surface area contributed by atoms with Gasteiger partial charge in [-0.25, -0.2) is 4.98 Å². The minimum atomic E-state index is -0.239. The zero-order chi connectivity index (χ0) is 13.1. The lowest BCUT2D eigenvalue weighted by Gasteiger charge is -2.39. The molecule has 1 fully saturated rings. The van der Waals surface area contributed by atoms with Gasteiger partial charge >= 0.3 is 5.97 Å². The first-order valence-corrected chi connectivity index (χ1v) is 6.30. The lowest BCUT2D eigenvalue weighted by molar-refractivity contribution is -0.148. The zero-order valence-corrected chi connectivity index (χ0v) is 11.2. The maximum absolute atomic E-state index is 11.7. The predicted molar refractivity (Wildman–Crippen MR) is 65.7 cm³/mol. The van der Waals surface area contributed by atoms with Crippen molar-refractivity contribution in [2.24, 2.45) is 7.05 Å². The van der Waals surface area contributed by atoms with Gasteiger partial charge in [0.05, 0.1) is 13.7 Å². The van der Waals surface area contributed by atoms with Crippen molar-refractivity contribution in [3.05, 3.63) is 12.2 Å². The average molecular weight is 252 g/mol. The molecule has 1 aromatic rings. The molecule has 0 saturated heterocycles. The number of ether oxygens (including phenoxy) is 1. The van der Waals surface area contributed by atoms with E-state index in [1.807, 2.05) is 14.0 Å². The number of carbonyl (C=O) groups is 1. The third-order valence-electron chi connectivity index (χ3n) is 3.71. The van der Waals surface area contributed by atoms with Crippen LogP contribution in [0.1, 0.15) is 32.0 Å². The Hall–Kier alpha value is -1.43. The fourth-order valence-electron chi connectivity index (χ4n) is 2.23. The number of carbonyl (C=O) groups excluding carboxylic acids is 1. The zero-order valence-electron chi connectivity index (χ0n) is 11.2. The summed E-state index contributed by atoms with van der Waals surface area (Å²) in [6.45, 7) is 2.53. The number of nitrogens with zero attached hydrogens (tertiary/aromatic N) is 4. The third kappa shape index (κ3) is 2.53. The number of esters is 1. The van der Waals surface area contributed by atoms with Crippen LogP contribution in [0, 0.1) is 0 Å². The first kappa shape index (κ1) is 13.0. The maximum atomic E-state index is 11.7. The summed E-state index contributed by atoms with van der Waals surface area (Å²) in [5.41, 5.74) is 0. The number of hydrogen-bond donors (Lipinski definition) is 0. The van der Waals surface area contributed by atoms with E-state index in [-0.39, 0.29) is 12.0 Å². The molecule has 1 atom stereocenters. The van der Waals surface area contributed by atoms with Gasteiger partial charge in [-0.1, -0.05) is 6.42 Å². The lowest BCUT2D eigenvalue weighted by Crippen LogP contribution is -2.48. The smallest absolute Gasteiger partial charge is 0.322 e. The highest BCUT2D eigenvalue weighted by atomic mass is 16.5. The summed E-state index contributed by atoms with van der Waals surface area (Å²) in [7, 11) is 3.30. The van der Waals surface area contributed by atoms with Crippen LogP contribution in [0.4, 0.5) is 0 Å². The van der Waals surface area contributed by atoms with Crippen molar-refractivity contribution in [2.45, 2.75) is 44.8 Å². The average Bonchev–Trinajstić information content (AvgIpc) is 2.70. The van der Waals surface area contributed by atoms with Crippen LogP contribution in [-0.2, 0) is 23.1 Å². The molecule has 1 heterocycles. The minimum absolute atomic E-state index is 0.191. The van der Waals surface area contributed by atoms with Crippen LogP contribution in [0.15, 0.2) is 6.33 Å². The van der Waals surface area contributed by atoms with Crippen molar-refractivity contribution < 1.29 is 9.53 Å². The molecule has 6 heteroatoms. The third-order valence-corrected chi connectivity index (χ3v) is 3.71. The molecule has 1 aliphatic rings. The monoisotopic (exact) mass is 252 g/mol. The van der Waals surface area contributed by atoms with E-state index in [9.17, 15) is 4.79 Å². The van der Waals surface area contributed by atoms with E-state index in [0.717, 1.165) is 18.7 Å². The van der Waals surface area contributed by atoms with Gasteiger partial charge in [-0.15, -0.1) is 0 Å². The Morgan fingerprint density at radius 2 is 2.39 bits per heavy atom. The van der Waals surface area contributed by atoms with Gasteiger partial charge in [-0.2, -0.15) is 5.10 Å². The molecule has 0 aliphatic heterocycles. The van der Waals surface area contributed by atoms with E-state index in [2.05, 4.69) is 15.0 Å². The molecule has 0 radical (unpaired) electrons. The molecule has 0 amide bonds. The number of aromatic nitrogens is 3. The van der Waals surface area contributed by atoms with Gasteiger partial charge in [0.25, 0.3) is 0 Å². The number of aryl methyl sites for hydroxylation is 1. The molecule has 2 rings (SSSR count). The van der Waals surface area contributed by atoms with Crippen LogP contribution in [0.2, 0.25) is 0 Å². The topological polar surface area (TPSA) is 60.2 Å². The Balaban J connectivity index is 2.10. The molecular weight excluding hydrogens is 232 g/mol. The molecule has 0 N–H and O–H groups in total. The van der Waals surface area contributed by atoms with Crippen LogP contribution < -0.4 is 0 Å². The Morgan fingerprint density at radius 1 is 1.67 bits per heavy atom. The largest absolute Gasteiger partial charge is 0.468 e. The SMILES string of the molecule is COC(=O)[C@@H](C)N(Cc1ncnn1C)C1CCC1. The number of hydrogen-bond acceptors (Lipinski definition) is 5. The summed E-state index contributed by atoms with van der Waals surface area (Å²) in [5.74, 6) is 0.682. The molecule has 6 nitrogen and oxygen atoms in total. The van der Waals surface area contributed by atoms with Crippen molar-refractivity contribution in [2.75, 3.05) is 7.11 Å². The van der Waals surface area contributed by atoms with Crippen molar-refractivity contribution >= 4 is 5.97 Å². The Labute approximate surface area is 107 Å². The molecule has 0 unspecified atom stereocenters. The molecule has 18 heavy (non-hydrogen) atoms. The van der Waals surface area contributed by atoms with Crippen molar-refractivity contribution in [1.82, 2.24) is 19.7 Å². The molecule has 0 spiro atoms. The first-order chi connectivity index (χ1) is 8.63. The molecule has 100 valence electrons. The second-order valence-electron chi connectivity index (χ2n) is 4.76. The fourth-order valence-corrected chi connectivity index (χ4v) is 2.23. The van der Waals surface area contributed by atoms with E-state index >= 15 is 0 Å². The molecule has 0 aromatic carbocycles. The lowest BCUT2D eigenvalue weighted by atomic mass is 9.90. The summed E-state index contributed by atoms with van der Waals surface area (Å²) < 4.78 is 6.58. The summed E-state index contributed by atoms with van der Waals surface area (Å²) in [4.78, 5) is 18.1. The van der Waals surface area contributed by atoms with Crippen LogP contribution in [0.3, 0.4) is 0 Å². The van der Waals surface area contributed by atoms with Gasteiger partial charge in [-0.05, 0) is 19.8 Å². The van der Waals surface area contributed by atoms with E-state index in [1.54, 1.807) is 4.68 Å². The van der Waals surface area contributed by atoms with Crippen molar-refractivity contribution in [3.8, 4) is 0 Å². The molecular formula is C12H20N4O2. The van der Waals surface area contributed by atoms with Crippen molar-refractivity contribution in [3.63, 3.8) is 0 Å². The van der Waals surface area contributed by atoms with E-state index in [4.69, 9.17) is 4.74 Å². The van der Waals surface area contributed by atoms with E-state index < -0.39 is 0 Å². The normalized spacial score (nSPS) is 17.6. The standard InChI is InChI=1S/C12H20N4O2/c1-9(12(17)18-3)16(10-5-4-6-10)7-11-13-8-14-15(11)2/h8-10H,4-7H2,1-3H3/t9-/m1/s1. The molecule has 0 bridgehead atoms. The number of rotatable bonds is 5. The van der Waals surface area contributed by atoms with Gasteiger partial charge in [0.2, 0.25) is 0 Å². The summed E-state index contributed by atoms with van der Waals surface area (Å²) in [5, 5.41) is 4.06. The fraction of sp³-hybridized carbons (Fsp3) is 0.750. The summed E-state index contributed by atoms with van der Waals surface area (Å²) in [6, 6.07) is 0.216. The quantitative estimate of drug-likeness (QED) is 0.723. The van der Waals surface area contributed by atoms with Gasteiger partial charge in [0.1, 0.15) is 18.2 Å². The molecule has 1 saturated carbocycles. The van der Waals surface area contributed by atoms with E-state index in [1.165, 1.54) is 19.9 Å². The summed E-state index contributed by atoms with van der Waals surface area (Å²) in [6.07, 6.45) is 5.04. The van der Waals surface area contributed by atoms with Gasteiger partial charge in [-0.3, -0.25) is 14.4 Å². The van der Waals surface area contributed by atoms with Crippen LogP contribution in [0.25, 0.3) is 0 Å². The minimum Gasteiger partial charge on any atom is -0.468 e. The first-order valence-electron chi connectivity index (χ1n) is 6.30. The highest BCUT2D eigenvalue weighted by Crippen LogP contribution is 2.27. The highest BCUT2D eigenvalue weighted by molar-refractivity contribution is 5.75. The van der Waals surface area contributed by atoms with Crippen LogP contribution >= 0.6 is 0 Å². The molecule has 1 aliphatic carbocycles. The van der Waals surface area contributed by atoms with Gasteiger partial charge in [0, 0.05) is 13.1 Å². The predicted octanol–water partition coefficient (Wildman–Crippen LogP) is 0.731. The van der Waals surface area contributed by atoms with Gasteiger partial charge < -0.3 is 4.74 Å². The summed E-state index contributed by atoms with van der Waals surface area (Å²) >= 11 is 0. The Morgan fingerprint density at radius 3 is 2.83 bits per heavy atom.